The van der Waals surface area contributed by atoms with E-state index in [2.05, 4.69) is 60.8 Å². The van der Waals surface area contributed by atoms with Crippen molar-refractivity contribution in [3.63, 3.8) is 0 Å². The molecule has 0 saturated carbocycles. The van der Waals surface area contributed by atoms with Crippen molar-refractivity contribution in [2.24, 2.45) is 0 Å². The van der Waals surface area contributed by atoms with Crippen LogP contribution >= 0.6 is 12.6 Å². The first-order chi connectivity index (χ1) is 17.1. The second-order valence-electron chi connectivity index (χ2n) is 8.78. The molecule has 0 radical (unpaired) electrons. The molecule has 0 spiro atoms. The first-order valence-corrected chi connectivity index (χ1v) is 12.3. The number of hydrogen-bond acceptors (Lipinski definition) is 3. The summed E-state index contributed by atoms with van der Waals surface area (Å²) in [6, 6.07) is 32.6. The first kappa shape index (κ1) is 23.0. The Morgan fingerprint density at radius 3 is 2.29 bits per heavy atom. The molecule has 1 amide bonds. The monoisotopic (exact) mass is 477 g/mol. The van der Waals surface area contributed by atoms with Gasteiger partial charge in [-0.05, 0) is 59.5 Å². The van der Waals surface area contributed by atoms with Crippen LogP contribution in [0.2, 0.25) is 0 Å². The minimum absolute atomic E-state index is 0.0121. The summed E-state index contributed by atoms with van der Waals surface area (Å²) in [6.07, 6.45) is 2.49. The third-order valence-corrected chi connectivity index (χ3v) is 6.84. The van der Waals surface area contributed by atoms with Crippen molar-refractivity contribution in [3.05, 3.63) is 125 Å². The van der Waals surface area contributed by atoms with E-state index < -0.39 is 0 Å². The number of fused-ring (bicyclic) bond motifs is 1. The molecule has 0 aliphatic carbocycles. The lowest BCUT2D eigenvalue weighted by atomic mass is 10.00. The van der Waals surface area contributed by atoms with Gasteiger partial charge in [-0.25, -0.2) is 0 Å². The van der Waals surface area contributed by atoms with Crippen molar-refractivity contribution in [1.82, 2.24) is 0 Å². The van der Waals surface area contributed by atoms with Crippen LogP contribution in [0.4, 0.5) is 5.69 Å². The van der Waals surface area contributed by atoms with E-state index in [0.717, 1.165) is 39.3 Å². The Hall–Kier alpha value is -3.76. The Kier molecular flexibility index (Phi) is 6.73. The van der Waals surface area contributed by atoms with E-state index in [1.165, 1.54) is 5.56 Å². The largest absolute Gasteiger partial charge is 0.493 e. The third-order valence-electron chi connectivity index (χ3n) is 6.24. The van der Waals surface area contributed by atoms with E-state index in [0.29, 0.717) is 18.6 Å². The molecule has 1 N–H and O–H groups in total. The summed E-state index contributed by atoms with van der Waals surface area (Å²) in [5.74, 6) is 0.689. The van der Waals surface area contributed by atoms with Crippen molar-refractivity contribution < 1.29 is 9.53 Å². The van der Waals surface area contributed by atoms with Crippen LogP contribution in [0.1, 0.15) is 33.9 Å². The Morgan fingerprint density at radius 1 is 0.857 bits per heavy atom. The van der Waals surface area contributed by atoms with Gasteiger partial charge in [0.2, 0.25) is 0 Å². The van der Waals surface area contributed by atoms with Crippen LogP contribution < -0.4 is 10.1 Å². The molecule has 3 nitrogen and oxygen atoms in total. The molecule has 1 atom stereocenters. The van der Waals surface area contributed by atoms with E-state index in [1.54, 1.807) is 0 Å². The summed E-state index contributed by atoms with van der Waals surface area (Å²) in [4.78, 5) is 13.1. The highest BCUT2D eigenvalue weighted by molar-refractivity contribution is 7.80. The summed E-state index contributed by atoms with van der Waals surface area (Å²) in [5, 5.41) is 3.03. The quantitative estimate of drug-likeness (QED) is 0.292. The minimum atomic E-state index is -0.111. The van der Waals surface area contributed by atoms with Gasteiger partial charge >= 0.3 is 0 Å². The molecule has 0 aromatic heterocycles. The lowest BCUT2D eigenvalue weighted by molar-refractivity contribution is -0.113. The highest BCUT2D eigenvalue weighted by atomic mass is 32.1. The van der Waals surface area contributed by atoms with E-state index in [-0.39, 0.29) is 11.2 Å². The molecule has 4 aromatic carbocycles. The normalized spacial score (nSPS) is 13.6. The van der Waals surface area contributed by atoms with Gasteiger partial charge in [-0.3, -0.25) is 4.79 Å². The van der Waals surface area contributed by atoms with Crippen molar-refractivity contribution in [2.45, 2.75) is 18.6 Å². The third kappa shape index (κ3) is 5.33. The highest BCUT2D eigenvalue weighted by Gasteiger charge is 2.17. The molecule has 0 bridgehead atoms. The smallest absolute Gasteiger partial charge is 0.251 e. The standard InChI is InChI=1S/C31H27NO2S/c1-21-7-9-22(10-8-21)25-13-16-29-27(19-25)20-26(17-18-34-29)31(33)32-28-14-11-24(12-15-28)30(35)23-5-3-2-4-6-23/h2-16,19-20,30,35H,17-18H2,1H3,(H,32,33). The van der Waals surface area contributed by atoms with E-state index >= 15 is 0 Å². The van der Waals surface area contributed by atoms with Crippen LogP contribution in [0.25, 0.3) is 17.2 Å². The lowest BCUT2D eigenvalue weighted by Gasteiger charge is -2.13. The number of carbonyl (C=O) groups is 1. The Balaban J connectivity index is 1.33. The number of thiol groups is 1. The second-order valence-corrected chi connectivity index (χ2v) is 9.29. The van der Waals surface area contributed by atoms with Crippen LogP contribution in [0.3, 0.4) is 0 Å². The molecule has 1 aliphatic heterocycles. The molecule has 35 heavy (non-hydrogen) atoms. The van der Waals surface area contributed by atoms with Crippen LogP contribution in [0, 0.1) is 6.92 Å². The van der Waals surface area contributed by atoms with Crippen LogP contribution in [-0.2, 0) is 4.79 Å². The van der Waals surface area contributed by atoms with E-state index in [4.69, 9.17) is 17.4 Å². The predicted molar refractivity (Wildman–Crippen MR) is 147 cm³/mol. The SMILES string of the molecule is Cc1ccc(-c2ccc3c(c2)C=C(C(=O)Nc2ccc(C(S)c4ccccc4)cc2)CCO3)cc1. The zero-order valence-electron chi connectivity index (χ0n) is 19.6. The number of rotatable bonds is 5. The molecule has 174 valence electrons. The van der Waals surface area contributed by atoms with Crippen molar-refractivity contribution in [1.29, 1.82) is 0 Å². The number of carbonyl (C=O) groups excluding carboxylic acids is 1. The number of amides is 1. The molecule has 5 rings (SSSR count). The number of anilines is 1. The molecule has 1 unspecified atom stereocenters. The fourth-order valence-electron chi connectivity index (χ4n) is 4.22. The zero-order valence-corrected chi connectivity index (χ0v) is 20.5. The number of aryl methyl sites for hydroxylation is 1. The van der Waals surface area contributed by atoms with Gasteiger partial charge in [-0.2, -0.15) is 12.6 Å². The van der Waals surface area contributed by atoms with Gasteiger partial charge in [0.1, 0.15) is 5.75 Å². The lowest BCUT2D eigenvalue weighted by Crippen LogP contribution is -2.15. The fraction of sp³-hybridized carbons (Fsp3) is 0.129. The number of benzene rings is 4. The second kappa shape index (κ2) is 10.2. The zero-order chi connectivity index (χ0) is 24.2. The number of nitrogens with one attached hydrogen (secondary N) is 1. The van der Waals surface area contributed by atoms with Crippen molar-refractivity contribution in [3.8, 4) is 16.9 Å². The summed E-state index contributed by atoms with van der Waals surface area (Å²) < 4.78 is 5.93. The maximum absolute atomic E-state index is 13.1. The van der Waals surface area contributed by atoms with E-state index in [1.807, 2.05) is 54.6 Å². The molecular weight excluding hydrogens is 450 g/mol. The number of hydrogen-bond donors (Lipinski definition) is 2. The van der Waals surface area contributed by atoms with Crippen molar-refractivity contribution in [2.75, 3.05) is 11.9 Å². The average Bonchev–Trinajstić information content (AvgIpc) is 3.12. The summed E-state index contributed by atoms with van der Waals surface area (Å²) in [6.45, 7) is 2.54. The van der Waals surface area contributed by atoms with Crippen molar-refractivity contribution >= 4 is 30.3 Å². The van der Waals surface area contributed by atoms with Gasteiger partial charge in [0, 0.05) is 23.2 Å². The molecule has 1 aliphatic rings. The maximum Gasteiger partial charge on any atom is 0.251 e. The topological polar surface area (TPSA) is 38.3 Å². The van der Waals surface area contributed by atoms with Gasteiger partial charge in [0.05, 0.1) is 11.9 Å². The van der Waals surface area contributed by atoms with Gasteiger partial charge in [-0.15, -0.1) is 0 Å². The van der Waals surface area contributed by atoms with Gasteiger partial charge in [0.25, 0.3) is 5.91 Å². The number of ether oxygens (including phenoxy) is 1. The first-order valence-electron chi connectivity index (χ1n) is 11.8. The van der Waals surface area contributed by atoms with Crippen LogP contribution in [0.15, 0.2) is 103 Å². The summed E-state index contributed by atoms with van der Waals surface area (Å²) in [5.41, 5.74) is 8.06. The van der Waals surface area contributed by atoms with Crippen LogP contribution in [0.5, 0.6) is 5.75 Å². The molecule has 0 fully saturated rings. The van der Waals surface area contributed by atoms with E-state index in [9.17, 15) is 4.79 Å². The maximum atomic E-state index is 13.1. The Labute approximate surface area is 211 Å². The van der Waals surface area contributed by atoms with Gasteiger partial charge < -0.3 is 10.1 Å². The highest BCUT2D eigenvalue weighted by Crippen LogP contribution is 2.32. The molecule has 4 heteroatoms. The predicted octanol–water partition coefficient (Wildman–Crippen LogP) is 7.49. The Bertz CT molecular complexity index is 1360. The summed E-state index contributed by atoms with van der Waals surface area (Å²) >= 11 is 4.76. The average molecular weight is 478 g/mol. The molecule has 0 saturated heterocycles. The summed E-state index contributed by atoms with van der Waals surface area (Å²) in [7, 11) is 0. The Morgan fingerprint density at radius 2 is 1.54 bits per heavy atom. The minimum Gasteiger partial charge on any atom is -0.493 e. The van der Waals surface area contributed by atoms with Gasteiger partial charge in [-0.1, -0.05) is 78.4 Å². The van der Waals surface area contributed by atoms with Crippen LogP contribution in [-0.4, -0.2) is 12.5 Å². The fourth-order valence-corrected chi connectivity index (χ4v) is 4.56. The molecule has 4 aromatic rings. The molecular formula is C31H27NO2S. The van der Waals surface area contributed by atoms with Gasteiger partial charge in [0.15, 0.2) is 0 Å². The molecule has 1 heterocycles.